The molecule has 16 aromatic rings. The monoisotopic (exact) mass is 1490 g/mol. The Hall–Kier alpha value is -12.9. The molecule has 0 unspecified atom stereocenters. The minimum absolute atomic E-state index is 0.0117. The number of nitrogens with zero attached hydrogens (tertiary/aromatic N) is 9. The van der Waals surface area contributed by atoms with E-state index in [1.54, 1.807) is 24.3 Å². The third kappa shape index (κ3) is 14.6. The van der Waals surface area contributed by atoms with E-state index >= 15 is 8.78 Å². The summed E-state index contributed by atoms with van der Waals surface area (Å²) in [4.78, 5) is 43.0. The van der Waals surface area contributed by atoms with Gasteiger partial charge in [0, 0.05) is 76.8 Å². The molecule has 3 aromatic heterocycles. The van der Waals surface area contributed by atoms with Crippen molar-refractivity contribution < 1.29 is 37.7 Å². The molecule has 13 aromatic carbocycles. The van der Waals surface area contributed by atoms with Crippen LogP contribution in [0.4, 0.5) is 17.6 Å². The molecule has 20 heteroatoms. The Kier molecular flexibility index (Phi) is 19.5. The van der Waals surface area contributed by atoms with Crippen LogP contribution in [0, 0.1) is 0 Å². The zero-order valence-electron chi connectivity index (χ0n) is 57.5. The molecule has 0 bridgehead atoms. The van der Waals surface area contributed by atoms with E-state index in [2.05, 4.69) is 20.9 Å². The molecule has 0 fully saturated rings. The highest BCUT2D eigenvalue weighted by Gasteiger charge is 2.46. The van der Waals surface area contributed by atoms with Gasteiger partial charge in [0.05, 0.1) is 0 Å². The summed E-state index contributed by atoms with van der Waals surface area (Å²) in [5.74, 6) is -1.20. The minimum atomic E-state index is -3.33. The van der Waals surface area contributed by atoms with Gasteiger partial charge in [-0.2, -0.15) is 17.6 Å². The van der Waals surface area contributed by atoms with Gasteiger partial charge in [0.15, 0.2) is 52.4 Å². The van der Waals surface area contributed by atoms with Crippen LogP contribution >= 0.6 is 15.9 Å². The fourth-order valence-electron chi connectivity index (χ4n) is 13.2. The quantitative estimate of drug-likeness (QED) is 0.0629. The summed E-state index contributed by atoms with van der Waals surface area (Å²) in [6.45, 7) is 0. The second kappa shape index (κ2) is 30.1. The van der Waals surface area contributed by atoms with Crippen molar-refractivity contribution in [3.63, 3.8) is 0 Å². The maximum atomic E-state index is 16.6. The lowest BCUT2D eigenvalue weighted by molar-refractivity contribution is 0.0475. The summed E-state index contributed by atoms with van der Waals surface area (Å²) in [5, 5.41) is 36.4. The van der Waals surface area contributed by atoms with Crippen LogP contribution in [0.2, 0.25) is 0 Å². The van der Waals surface area contributed by atoms with Crippen molar-refractivity contribution >= 4 is 41.1 Å². The van der Waals surface area contributed by atoms with Crippen LogP contribution in [0.3, 0.4) is 0 Å². The second-order valence-electron chi connectivity index (χ2n) is 25.8. The van der Waals surface area contributed by atoms with Crippen molar-refractivity contribution in [1.29, 1.82) is 0 Å². The van der Waals surface area contributed by atoms with Crippen molar-refractivity contribution in [2.45, 2.75) is 11.8 Å². The Morgan fingerprint density at radius 2 is 0.394 bits per heavy atom. The molecule has 0 saturated heterocycles. The SMILES string of the molecule is Brc1ccc(-c2nc(-c3ccccc3)nc(-c3ccccc3)n2)cc1.FC1(F)c2cc(-c3ccc(-c4nc(-c5ccccc5)nc(-c5ccccc5)n4)cc3)ccc2-c2ccc(-c3ccc(-c4nc(-c5ccccc5)nc(-c5ccccc5)n4)cc3)cc21.OB(O)c1ccc2c(c1)C(F)(F)c1cc(B(O)O)ccc1-2. The fraction of sp³-hybridized carbons (Fsp3) is 0.0225. The van der Waals surface area contributed by atoms with Crippen molar-refractivity contribution in [3.05, 3.63) is 354 Å². The van der Waals surface area contributed by atoms with Gasteiger partial charge in [-0.3, -0.25) is 0 Å². The molecule has 2 aliphatic carbocycles. The van der Waals surface area contributed by atoms with Gasteiger partial charge in [0.1, 0.15) is 0 Å². The van der Waals surface area contributed by atoms with Gasteiger partial charge in [-0.15, -0.1) is 0 Å². The topological polar surface area (TPSA) is 197 Å². The number of alkyl halides is 4. The molecular weight excluding hydrogens is 1440 g/mol. The van der Waals surface area contributed by atoms with E-state index < -0.39 is 26.1 Å². The van der Waals surface area contributed by atoms with Gasteiger partial charge >= 0.3 is 14.2 Å². The molecule has 13 nitrogen and oxygen atoms in total. The van der Waals surface area contributed by atoms with E-state index in [1.807, 2.05) is 267 Å². The maximum absolute atomic E-state index is 16.6. The molecule has 524 valence electrons. The lowest BCUT2D eigenvalue weighted by Gasteiger charge is -2.14. The third-order valence-corrected chi connectivity index (χ3v) is 19.3. The van der Waals surface area contributed by atoms with E-state index in [1.165, 1.54) is 24.3 Å². The van der Waals surface area contributed by atoms with Crippen LogP contribution in [-0.2, 0) is 11.8 Å². The smallest absolute Gasteiger partial charge is 0.423 e. The molecule has 109 heavy (non-hydrogen) atoms. The average Bonchev–Trinajstić information content (AvgIpc) is 1.58. The summed E-state index contributed by atoms with van der Waals surface area (Å²) in [5.41, 5.74) is 11.9. The highest BCUT2D eigenvalue weighted by Crippen LogP contribution is 2.54. The van der Waals surface area contributed by atoms with Crippen LogP contribution in [0.1, 0.15) is 22.3 Å². The van der Waals surface area contributed by atoms with Crippen LogP contribution < -0.4 is 10.9 Å². The van der Waals surface area contributed by atoms with Crippen LogP contribution in [0.5, 0.6) is 0 Å². The number of hydrogen-bond acceptors (Lipinski definition) is 13. The summed E-state index contributed by atoms with van der Waals surface area (Å²) in [6, 6.07) is 101. The first-order chi connectivity index (χ1) is 53.1. The van der Waals surface area contributed by atoms with Crippen molar-refractivity contribution in [1.82, 2.24) is 44.9 Å². The molecule has 0 amide bonds. The molecule has 4 N–H and O–H groups in total. The predicted octanol–water partition coefficient (Wildman–Crippen LogP) is 18.3. The Morgan fingerprint density at radius 3 is 0.624 bits per heavy atom. The van der Waals surface area contributed by atoms with Gasteiger partial charge in [-0.25, -0.2) is 44.9 Å². The summed E-state index contributed by atoms with van der Waals surface area (Å²) in [6.07, 6.45) is 0. The molecule has 0 aliphatic heterocycles. The van der Waals surface area contributed by atoms with Crippen molar-refractivity contribution in [2.24, 2.45) is 0 Å². The molecule has 0 spiro atoms. The van der Waals surface area contributed by atoms with Gasteiger partial charge in [0.2, 0.25) is 0 Å². The fourth-order valence-corrected chi connectivity index (χ4v) is 13.5. The lowest BCUT2D eigenvalue weighted by Crippen LogP contribution is -2.31. The third-order valence-electron chi connectivity index (χ3n) is 18.8. The van der Waals surface area contributed by atoms with Crippen LogP contribution in [0.15, 0.2) is 332 Å². The highest BCUT2D eigenvalue weighted by atomic mass is 79.9. The van der Waals surface area contributed by atoms with Crippen LogP contribution in [0.25, 0.3) is 147 Å². The first kappa shape index (κ1) is 70.4. The van der Waals surface area contributed by atoms with Gasteiger partial charge in [0.25, 0.3) is 11.8 Å². The standard InChI is InChI=1S/C55H34F2N6.C21H14BrN3.C13H10B2F2O4/c56-55(57)47-33-43(35-21-25-41(26-22-35)53-60-49(37-13-5-1-6-14-37)58-50(61-53)38-15-7-2-8-16-38)29-31-45(47)46-32-30-44(34-48(46)55)36-23-27-42(28-24-36)54-62-51(39-17-9-3-10-18-39)59-52(63-54)40-19-11-4-12-20-40;22-18-13-11-17(12-14-18)21-24-19(15-7-3-1-4-8-15)23-20(25-21)16-9-5-2-6-10-16;16-13(17)11-5-7(14(18)19)1-3-9(11)10-4-2-8(15(20)21)6-12(10)13/h1-34H;1-14H;1-6,18-21H. The number of hydrogen-bond donors (Lipinski definition) is 4. The minimum Gasteiger partial charge on any atom is -0.423 e. The molecular formula is C89H58B2BrF4N9O4. The summed E-state index contributed by atoms with van der Waals surface area (Å²) >= 11 is 3.47. The van der Waals surface area contributed by atoms with E-state index in [-0.39, 0.29) is 33.2 Å². The molecule has 18 rings (SSSR count). The Bertz CT molecular complexity index is 5540. The normalized spacial score (nSPS) is 12.4. The van der Waals surface area contributed by atoms with E-state index in [0.29, 0.717) is 85.8 Å². The van der Waals surface area contributed by atoms with Gasteiger partial charge in [-0.1, -0.05) is 319 Å². The second-order valence-corrected chi connectivity index (χ2v) is 26.7. The lowest BCUT2D eigenvalue weighted by atomic mass is 9.78. The Balaban J connectivity index is 0.000000159. The maximum Gasteiger partial charge on any atom is 0.488 e. The van der Waals surface area contributed by atoms with Gasteiger partial charge in [-0.05, 0) is 79.7 Å². The van der Waals surface area contributed by atoms with Crippen molar-refractivity contribution in [3.8, 4) is 147 Å². The van der Waals surface area contributed by atoms with Gasteiger partial charge < -0.3 is 20.1 Å². The molecule has 0 radical (unpaired) electrons. The number of rotatable bonds is 13. The zero-order valence-corrected chi connectivity index (χ0v) is 59.1. The van der Waals surface area contributed by atoms with E-state index in [9.17, 15) is 8.78 Å². The van der Waals surface area contributed by atoms with Crippen molar-refractivity contribution in [2.75, 3.05) is 0 Å². The summed E-state index contributed by atoms with van der Waals surface area (Å²) in [7, 11) is -3.66. The first-order valence-corrected chi connectivity index (χ1v) is 35.5. The highest BCUT2D eigenvalue weighted by molar-refractivity contribution is 9.10. The first-order valence-electron chi connectivity index (χ1n) is 34.7. The number of fused-ring (bicyclic) bond motifs is 6. The zero-order chi connectivity index (χ0) is 74.8. The number of halogens is 5. The molecule has 0 saturated carbocycles. The molecule has 3 heterocycles. The Labute approximate surface area is 632 Å². The predicted molar refractivity (Wildman–Crippen MR) is 423 cm³/mol. The molecule has 0 atom stereocenters. The number of benzene rings is 13. The van der Waals surface area contributed by atoms with E-state index in [0.717, 1.165) is 77.8 Å². The largest absolute Gasteiger partial charge is 0.488 e. The average molecular weight is 1500 g/mol. The Morgan fingerprint density at radius 1 is 0.211 bits per heavy atom. The summed E-state index contributed by atoms with van der Waals surface area (Å²) < 4.78 is 63.1. The number of aromatic nitrogens is 9. The molecule has 2 aliphatic rings. The van der Waals surface area contributed by atoms with Crippen LogP contribution in [-0.4, -0.2) is 79.2 Å². The van der Waals surface area contributed by atoms with E-state index in [4.69, 9.17) is 60.0 Å².